The minimum absolute atomic E-state index is 0.0216. The van der Waals surface area contributed by atoms with Crippen LogP contribution in [-0.4, -0.2) is 14.3 Å². The van der Waals surface area contributed by atoms with Crippen LogP contribution < -0.4 is 11.3 Å². The lowest BCUT2D eigenvalue weighted by molar-refractivity contribution is 0.523. The van der Waals surface area contributed by atoms with Gasteiger partial charge in [-0.15, -0.1) is 0 Å². The third-order valence-corrected chi connectivity index (χ3v) is 2.90. The van der Waals surface area contributed by atoms with E-state index in [1.54, 1.807) is 34.6 Å². The van der Waals surface area contributed by atoms with E-state index >= 15 is 0 Å². The van der Waals surface area contributed by atoms with Gasteiger partial charge in [-0.25, -0.2) is 0 Å². The van der Waals surface area contributed by atoms with Crippen molar-refractivity contribution in [1.82, 2.24) is 14.3 Å². The number of hydrogen-bond donors (Lipinski definition) is 1. The van der Waals surface area contributed by atoms with E-state index in [0.29, 0.717) is 18.9 Å². The molecule has 0 aliphatic heterocycles. The summed E-state index contributed by atoms with van der Waals surface area (Å²) in [4.78, 5) is 11.8. The Morgan fingerprint density at radius 1 is 1.47 bits per heavy atom. The van der Waals surface area contributed by atoms with Crippen molar-refractivity contribution in [3.8, 4) is 0 Å². The van der Waals surface area contributed by atoms with E-state index < -0.39 is 0 Å². The summed E-state index contributed by atoms with van der Waals surface area (Å²) in [6, 6.07) is 3.54. The van der Waals surface area contributed by atoms with Gasteiger partial charge in [0.2, 0.25) is 0 Å². The molecule has 0 unspecified atom stereocenters. The highest BCUT2D eigenvalue weighted by molar-refractivity contribution is 9.10. The molecule has 0 amide bonds. The zero-order chi connectivity index (χ0) is 12.4. The number of nitrogens with two attached hydrogens (primary N) is 1. The number of aromatic nitrogens is 3. The van der Waals surface area contributed by atoms with Gasteiger partial charge in [0.25, 0.3) is 5.56 Å². The molecular formula is C11H13BrN4O. The van der Waals surface area contributed by atoms with Gasteiger partial charge < -0.3 is 10.3 Å². The van der Waals surface area contributed by atoms with Crippen LogP contribution in [0.2, 0.25) is 0 Å². The largest absolute Gasteiger partial charge is 0.382 e. The molecule has 17 heavy (non-hydrogen) atoms. The topological polar surface area (TPSA) is 65.8 Å². The molecule has 0 aliphatic carbocycles. The van der Waals surface area contributed by atoms with Crippen LogP contribution in [0.5, 0.6) is 0 Å². The summed E-state index contributed by atoms with van der Waals surface area (Å²) in [5.41, 5.74) is 6.26. The van der Waals surface area contributed by atoms with Crippen LogP contribution >= 0.6 is 15.9 Å². The highest BCUT2D eigenvalue weighted by Gasteiger charge is 2.02. The first-order valence-corrected chi connectivity index (χ1v) is 6.01. The van der Waals surface area contributed by atoms with Gasteiger partial charge in [0.15, 0.2) is 0 Å². The summed E-state index contributed by atoms with van der Waals surface area (Å²) in [6.45, 7) is 2.99. The third kappa shape index (κ3) is 2.76. The van der Waals surface area contributed by atoms with Crippen molar-refractivity contribution in [1.29, 1.82) is 0 Å². The number of rotatable bonds is 3. The fraction of sp³-hybridized carbons (Fsp3) is 0.273. The Hall–Kier alpha value is -1.56. The summed E-state index contributed by atoms with van der Waals surface area (Å²) >= 11 is 3.38. The lowest BCUT2D eigenvalue weighted by atomic mass is 10.3. The van der Waals surface area contributed by atoms with Gasteiger partial charge in [0.05, 0.1) is 6.54 Å². The predicted octanol–water partition coefficient (Wildman–Crippen LogP) is 1.40. The molecule has 0 atom stereocenters. The van der Waals surface area contributed by atoms with Gasteiger partial charge in [-0.1, -0.05) is 0 Å². The lowest BCUT2D eigenvalue weighted by Crippen LogP contribution is -2.23. The lowest BCUT2D eigenvalue weighted by Gasteiger charge is -2.07. The van der Waals surface area contributed by atoms with Gasteiger partial charge >= 0.3 is 0 Å². The molecule has 2 rings (SSSR count). The first-order valence-electron chi connectivity index (χ1n) is 5.22. The van der Waals surface area contributed by atoms with Gasteiger partial charge in [0, 0.05) is 29.0 Å². The number of nitrogens with zero attached hydrogens (tertiary/aromatic N) is 3. The first-order chi connectivity index (χ1) is 8.06. The first kappa shape index (κ1) is 11.9. The predicted molar refractivity (Wildman–Crippen MR) is 69.8 cm³/mol. The number of anilines is 1. The Bertz CT molecular complexity index is 587. The van der Waals surface area contributed by atoms with Crippen LogP contribution in [0.25, 0.3) is 0 Å². The minimum atomic E-state index is 0.0216. The standard InChI is InChI=1S/C11H13BrN4O/c1-8-6-9(12)7-15(11(8)17)4-5-16-3-2-10(13)14-16/h2-3,6-7H,4-5H2,1H3,(H2,13,14). The van der Waals surface area contributed by atoms with Gasteiger partial charge in [-0.3, -0.25) is 9.48 Å². The fourth-order valence-electron chi connectivity index (χ4n) is 1.62. The van der Waals surface area contributed by atoms with E-state index in [1.165, 1.54) is 0 Å². The second-order valence-electron chi connectivity index (χ2n) is 3.84. The van der Waals surface area contributed by atoms with Crippen molar-refractivity contribution in [2.45, 2.75) is 20.0 Å². The molecule has 0 aromatic carbocycles. The van der Waals surface area contributed by atoms with Gasteiger partial charge in [0.1, 0.15) is 5.82 Å². The molecule has 0 spiro atoms. The SMILES string of the molecule is Cc1cc(Br)cn(CCn2ccc(N)n2)c1=O. The second-order valence-corrected chi connectivity index (χ2v) is 4.76. The monoisotopic (exact) mass is 296 g/mol. The molecule has 2 aromatic heterocycles. The van der Waals surface area contributed by atoms with Crippen LogP contribution in [0.1, 0.15) is 5.56 Å². The normalized spacial score (nSPS) is 10.7. The Labute approximate surface area is 107 Å². The Kier molecular flexibility index (Phi) is 3.33. The molecule has 0 saturated heterocycles. The van der Waals surface area contributed by atoms with E-state index in [4.69, 9.17) is 5.73 Å². The van der Waals surface area contributed by atoms with Gasteiger partial charge in [-0.2, -0.15) is 5.10 Å². The highest BCUT2D eigenvalue weighted by Crippen LogP contribution is 2.08. The Balaban J connectivity index is 2.17. The quantitative estimate of drug-likeness (QED) is 0.931. The molecule has 0 radical (unpaired) electrons. The van der Waals surface area contributed by atoms with Crippen LogP contribution in [0.3, 0.4) is 0 Å². The Morgan fingerprint density at radius 2 is 2.24 bits per heavy atom. The van der Waals surface area contributed by atoms with Crippen LogP contribution in [0.4, 0.5) is 5.82 Å². The molecule has 2 aromatic rings. The van der Waals surface area contributed by atoms with Crippen molar-refractivity contribution in [3.63, 3.8) is 0 Å². The number of pyridine rings is 1. The summed E-state index contributed by atoms with van der Waals surface area (Å²) in [6.07, 6.45) is 3.58. The maximum absolute atomic E-state index is 11.8. The number of halogens is 1. The van der Waals surface area contributed by atoms with E-state index in [2.05, 4.69) is 21.0 Å². The van der Waals surface area contributed by atoms with Crippen LogP contribution in [0.15, 0.2) is 33.8 Å². The zero-order valence-corrected chi connectivity index (χ0v) is 11.0. The summed E-state index contributed by atoms with van der Waals surface area (Å²) in [5.74, 6) is 0.489. The summed E-state index contributed by atoms with van der Waals surface area (Å²) < 4.78 is 4.28. The average Bonchev–Trinajstić information content (AvgIpc) is 2.67. The molecular weight excluding hydrogens is 284 g/mol. The maximum atomic E-state index is 11.8. The second kappa shape index (κ2) is 4.75. The fourth-order valence-corrected chi connectivity index (χ4v) is 2.21. The third-order valence-electron chi connectivity index (χ3n) is 2.46. The Morgan fingerprint density at radius 3 is 2.88 bits per heavy atom. The van der Waals surface area contributed by atoms with Crippen molar-refractivity contribution >= 4 is 21.7 Å². The van der Waals surface area contributed by atoms with Crippen molar-refractivity contribution in [2.75, 3.05) is 5.73 Å². The molecule has 2 N–H and O–H groups in total. The molecule has 5 nitrogen and oxygen atoms in total. The summed E-state index contributed by atoms with van der Waals surface area (Å²) in [5, 5.41) is 4.07. The molecule has 2 heterocycles. The van der Waals surface area contributed by atoms with E-state index in [0.717, 1.165) is 10.0 Å². The molecule has 6 heteroatoms. The van der Waals surface area contributed by atoms with E-state index in [-0.39, 0.29) is 5.56 Å². The highest BCUT2D eigenvalue weighted by atomic mass is 79.9. The number of nitrogen functional groups attached to an aromatic ring is 1. The smallest absolute Gasteiger partial charge is 0.253 e. The molecule has 0 bridgehead atoms. The molecule has 0 aliphatic rings. The van der Waals surface area contributed by atoms with Gasteiger partial charge in [-0.05, 0) is 35.0 Å². The maximum Gasteiger partial charge on any atom is 0.253 e. The van der Waals surface area contributed by atoms with Crippen LogP contribution in [-0.2, 0) is 13.1 Å². The van der Waals surface area contributed by atoms with E-state index in [9.17, 15) is 4.79 Å². The molecule has 0 fully saturated rings. The number of aryl methyl sites for hydroxylation is 3. The average molecular weight is 297 g/mol. The van der Waals surface area contributed by atoms with Crippen molar-refractivity contribution in [3.05, 3.63) is 44.9 Å². The van der Waals surface area contributed by atoms with E-state index in [1.807, 2.05) is 6.07 Å². The molecule has 0 saturated carbocycles. The number of hydrogen-bond acceptors (Lipinski definition) is 3. The minimum Gasteiger partial charge on any atom is -0.382 e. The van der Waals surface area contributed by atoms with Crippen molar-refractivity contribution < 1.29 is 0 Å². The molecule has 90 valence electrons. The zero-order valence-electron chi connectivity index (χ0n) is 9.43. The summed E-state index contributed by atoms with van der Waals surface area (Å²) in [7, 11) is 0. The van der Waals surface area contributed by atoms with Crippen LogP contribution in [0, 0.1) is 6.92 Å². The van der Waals surface area contributed by atoms with Crippen molar-refractivity contribution in [2.24, 2.45) is 0 Å².